The molecule has 3 aromatic carbocycles. The van der Waals surface area contributed by atoms with Gasteiger partial charge in [-0.15, -0.1) is 0 Å². The molecule has 0 spiro atoms. The number of carbonyl (C=O) groups is 1. The lowest BCUT2D eigenvalue weighted by Gasteiger charge is -2.27. The Morgan fingerprint density at radius 3 is 2.59 bits per heavy atom. The first-order chi connectivity index (χ1) is 15.3. The molecular weight excluding hydrogens is 409 g/mol. The summed E-state index contributed by atoms with van der Waals surface area (Å²) in [5.74, 6) is -0.655. The van der Waals surface area contributed by atoms with E-state index >= 15 is 0 Å². The lowest BCUT2D eigenvalue weighted by atomic mass is 9.85. The van der Waals surface area contributed by atoms with Crippen LogP contribution in [0.2, 0.25) is 0 Å². The Balaban J connectivity index is 1.77. The molecule has 4 aromatic rings. The van der Waals surface area contributed by atoms with Gasteiger partial charge in [-0.2, -0.15) is 5.10 Å². The number of hydrogen-bond acceptors (Lipinski definition) is 4. The molecule has 0 saturated heterocycles. The highest BCUT2D eigenvalue weighted by Crippen LogP contribution is 2.38. The second-order valence-electron chi connectivity index (χ2n) is 8.12. The van der Waals surface area contributed by atoms with E-state index in [2.05, 4.69) is 18.9 Å². The van der Waals surface area contributed by atoms with Crippen LogP contribution in [0.5, 0.6) is 11.5 Å². The van der Waals surface area contributed by atoms with Crippen LogP contribution in [-0.2, 0) is 16.9 Å². The number of aliphatic hydroxyl groups is 1. The van der Waals surface area contributed by atoms with Gasteiger partial charge in [-0.25, -0.2) is 4.39 Å². The van der Waals surface area contributed by atoms with E-state index in [1.807, 2.05) is 10.7 Å². The van der Waals surface area contributed by atoms with Gasteiger partial charge in [0.25, 0.3) is 5.91 Å². The number of nitrogens with zero attached hydrogens (tertiary/aromatic N) is 2. The summed E-state index contributed by atoms with van der Waals surface area (Å²) in [6.45, 7) is 5.02. The Bertz CT molecular complexity index is 1270. The van der Waals surface area contributed by atoms with E-state index in [-0.39, 0.29) is 16.9 Å². The fourth-order valence-electron chi connectivity index (χ4n) is 3.73. The Morgan fingerprint density at radius 2 is 1.91 bits per heavy atom. The summed E-state index contributed by atoms with van der Waals surface area (Å²) in [5.41, 5.74) is 4.41. The number of hydrogen-bond donors (Lipinski definition) is 2. The maximum Gasteiger partial charge on any atom is 0.258 e. The smallest absolute Gasteiger partial charge is 0.258 e. The van der Waals surface area contributed by atoms with Crippen molar-refractivity contribution in [3.8, 4) is 11.5 Å². The van der Waals surface area contributed by atoms with Crippen LogP contribution in [0.4, 0.5) is 4.39 Å². The molecule has 0 aliphatic rings. The molecule has 0 fully saturated rings. The summed E-state index contributed by atoms with van der Waals surface area (Å²) in [6.07, 6.45) is 1.75. The molecule has 1 atom stereocenters. The highest BCUT2D eigenvalue weighted by atomic mass is 19.1. The van der Waals surface area contributed by atoms with Gasteiger partial charge in [0.2, 0.25) is 0 Å². The van der Waals surface area contributed by atoms with Gasteiger partial charge in [-0.05, 0) is 47.9 Å². The van der Waals surface area contributed by atoms with E-state index in [0.29, 0.717) is 11.7 Å². The number of carbonyl (C=O) groups excluding carboxylic acids is 1. The molecule has 3 N–H and O–H groups in total. The third-order valence-corrected chi connectivity index (χ3v) is 5.26. The van der Waals surface area contributed by atoms with Crippen molar-refractivity contribution in [1.82, 2.24) is 9.78 Å². The normalized spacial score (nSPS) is 13.3. The van der Waals surface area contributed by atoms with E-state index in [9.17, 15) is 14.3 Å². The highest BCUT2D eigenvalue weighted by Gasteiger charge is 2.41. The van der Waals surface area contributed by atoms with Crippen LogP contribution in [0.1, 0.15) is 25.0 Å². The lowest BCUT2D eigenvalue weighted by molar-refractivity contribution is -0.133. The number of aromatic nitrogens is 2. The van der Waals surface area contributed by atoms with Gasteiger partial charge in [-0.1, -0.05) is 44.2 Å². The van der Waals surface area contributed by atoms with Crippen LogP contribution in [0.25, 0.3) is 10.9 Å². The van der Waals surface area contributed by atoms with Crippen LogP contribution in [0, 0.1) is 11.7 Å². The van der Waals surface area contributed by atoms with Crippen molar-refractivity contribution in [2.45, 2.75) is 26.0 Å². The predicted octanol–water partition coefficient (Wildman–Crippen LogP) is 4.34. The number of rotatable bonds is 7. The topological polar surface area (TPSA) is 90.4 Å². The summed E-state index contributed by atoms with van der Waals surface area (Å²) in [6, 6.07) is 17.2. The molecule has 32 heavy (non-hydrogen) atoms. The maximum absolute atomic E-state index is 14.2. The Labute approximate surface area is 185 Å². The monoisotopic (exact) mass is 433 g/mol. The number of halogens is 1. The summed E-state index contributed by atoms with van der Waals surface area (Å²) in [4.78, 5) is 12.4. The largest absolute Gasteiger partial charge is 0.457 e. The maximum atomic E-state index is 14.2. The number of nitrogens with two attached hydrogens (primary N) is 1. The molecule has 1 unspecified atom stereocenters. The Morgan fingerprint density at radius 1 is 1.16 bits per heavy atom. The molecule has 4 rings (SSSR count). The summed E-state index contributed by atoms with van der Waals surface area (Å²) < 4.78 is 22.1. The number of ether oxygens (including phenoxy) is 1. The number of primary amides is 1. The van der Waals surface area contributed by atoms with Crippen LogP contribution in [0.3, 0.4) is 0 Å². The van der Waals surface area contributed by atoms with Crippen molar-refractivity contribution in [3.63, 3.8) is 0 Å². The van der Waals surface area contributed by atoms with Crippen LogP contribution >= 0.6 is 0 Å². The minimum atomic E-state index is -2.27. The van der Waals surface area contributed by atoms with E-state index < -0.39 is 17.3 Å². The minimum Gasteiger partial charge on any atom is -0.457 e. The molecule has 0 saturated carbocycles. The van der Waals surface area contributed by atoms with Crippen molar-refractivity contribution in [2.24, 2.45) is 11.7 Å². The fraction of sp³-hybridized carbons (Fsp3) is 0.200. The molecule has 0 aliphatic heterocycles. The van der Waals surface area contributed by atoms with Crippen LogP contribution in [0.15, 0.2) is 72.9 Å². The van der Waals surface area contributed by atoms with Crippen LogP contribution in [-0.4, -0.2) is 20.8 Å². The van der Waals surface area contributed by atoms with Crippen molar-refractivity contribution < 1.29 is 19.0 Å². The Kier molecular flexibility index (Phi) is 5.67. The number of amides is 1. The molecule has 6 nitrogen and oxygen atoms in total. The summed E-state index contributed by atoms with van der Waals surface area (Å²) in [5, 5.41) is 16.6. The average Bonchev–Trinajstić information content (AvgIpc) is 3.16. The molecule has 0 aliphatic carbocycles. The standard InChI is InChI=1S/C25H24FN3O3/c1-16(2)15-29-22-10-9-20(12-17(22)14-28-29)32-23-11-8-19(26)13-21(23)25(31,24(27)30)18-6-4-3-5-7-18/h3-14,16,31H,15H2,1-2H3,(H2,27,30). The molecule has 164 valence electrons. The third kappa shape index (κ3) is 3.94. The van der Waals surface area contributed by atoms with Gasteiger partial charge in [-0.3, -0.25) is 9.48 Å². The highest BCUT2D eigenvalue weighted by molar-refractivity contribution is 5.89. The lowest BCUT2D eigenvalue weighted by Crippen LogP contribution is -2.42. The average molecular weight is 433 g/mol. The first-order valence-electron chi connectivity index (χ1n) is 10.3. The molecule has 1 aromatic heterocycles. The van der Waals surface area contributed by atoms with Crippen molar-refractivity contribution in [2.75, 3.05) is 0 Å². The molecule has 7 heteroatoms. The third-order valence-electron chi connectivity index (χ3n) is 5.26. The second-order valence-corrected chi connectivity index (χ2v) is 8.12. The van der Waals surface area contributed by atoms with Gasteiger partial charge in [0.1, 0.15) is 17.3 Å². The second kappa shape index (κ2) is 8.43. The number of fused-ring (bicyclic) bond motifs is 1. The summed E-state index contributed by atoms with van der Waals surface area (Å²) >= 11 is 0. The van der Waals surface area contributed by atoms with Gasteiger partial charge < -0.3 is 15.6 Å². The van der Waals surface area contributed by atoms with Crippen molar-refractivity contribution in [1.29, 1.82) is 0 Å². The zero-order valence-corrected chi connectivity index (χ0v) is 17.8. The Hall–Kier alpha value is -3.71. The van der Waals surface area contributed by atoms with Crippen LogP contribution < -0.4 is 10.5 Å². The van der Waals surface area contributed by atoms with E-state index in [1.54, 1.807) is 48.7 Å². The molecule has 1 heterocycles. The number of benzene rings is 3. The van der Waals surface area contributed by atoms with Gasteiger partial charge in [0.05, 0.1) is 11.7 Å². The molecule has 0 bridgehead atoms. The zero-order chi connectivity index (χ0) is 22.9. The predicted molar refractivity (Wildman–Crippen MR) is 120 cm³/mol. The fourth-order valence-corrected chi connectivity index (χ4v) is 3.73. The van der Waals surface area contributed by atoms with E-state index in [0.717, 1.165) is 23.5 Å². The zero-order valence-electron chi connectivity index (χ0n) is 17.8. The van der Waals surface area contributed by atoms with Gasteiger partial charge in [0.15, 0.2) is 5.60 Å². The SMILES string of the molecule is CC(C)Cn1ncc2cc(Oc3ccc(F)cc3C(O)(C(N)=O)c3ccccc3)ccc21. The summed E-state index contributed by atoms with van der Waals surface area (Å²) in [7, 11) is 0. The van der Waals surface area contributed by atoms with Gasteiger partial charge in [0, 0.05) is 17.5 Å². The first-order valence-corrected chi connectivity index (χ1v) is 10.3. The first kappa shape index (κ1) is 21.5. The van der Waals surface area contributed by atoms with Crippen molar-refractivity contribution >= 4 is 16.8 Å². The molecule has 0 radical (unpaired) electrons. The molecule has 1 amide bonds. The van der Waals surface area contributed by atoms with E-state index in [4.69, 9.17) is 10.5 Å². The molecular formula is C25H24FN3O3. The minimum absolute atomic E-state index is 0.0770. The quantitative estimate of drug-likeness (QED) is 0.454. The van der Waals surface area contributed by atoms with Crippen molar-refractivity contribution in [3.05, 3.63) is 89.9 Å². The van der Waals surface area contributed by atoms with Gasteiger partial charge >= 0.3 is 0 Å². The van der Waals surface area contributed by atoms with E-state index in [1.165, 1.54) is 12.1 Å².